The molecule has 3 rings (SSSR count). The molecule has 1 aliphatic rings. The van der Waals surface area contributed by atoms with Crippen molar-refractivity contribution in [2.75, 3.05) is 13.6 Å². The van der Waals surface area contributed by atoms with Crippen LogP contribution in [0, 0.1) is 0 Å². The summed E-state index contributed by atoms with van der Waals surface area (Å²) in [5, 5.41) is 3.01. The lowest BCUT2D eigenvalue weighted by Crippen LogP contribution is -2.35. The van der Waals surface area contributed by atoms with Crippen molar-refractivity contribution in [2.45, 2.75) is 30.6 Å². The molecule has 0 radical (unpaired) electrons. The van der Waals surface area contributed by atoms with Crippen LogP contribution in [0.2, 0.25) is 0 Å². The van der Waals surface area contributed by atoms with Crippen LogP contribution in [0.25, 0.3) is 0 Å². The molecule has 1 aliphatic carbocycles. The summed E-state index contributed by atoms with van der Waals surface area (Å²) in [6.45, 7) is 0.702. The van der Waals surface area contributed by atoms with E-state index in [0.717, 1.165) is 12.1 Å². The van der Waals surface area contributed by atoms with Crippen molar-refractivity contribution >= 4 is 0 Å². The predicted molar refractivity (Wildman–Crippen MR) is 85.7 cm³/mol. The summed E-state index contributed by atoms with van der Waals surface area (Å²) in [6.07, 6.45) is 1.24. The van der Waals surface area contributed by atoms with Crippen molar-refractivity contribution < 1.29 is 17.6 Å². The van der Waals surface area contributed by atoms with Crippen molar-refractivity contribution in [1.82, 2.24) is 5.32 Å². The Labute approximate surface area is 138 Å². The highest BCUT2D eigenvalue weighted by Gasteiger charge is 2.61. The monoisotopic (exact) mass is 337 g/mol. The van der Waals surface area contributed by atoms with Gasteiger partial charge in [-0.1, -0.05) is 48.5 Å². The van der Waals surface area contributed by atoms with Gasteiger partial charge < -0.3 is 5.32 Å². The van der Waals surface area contributed by atoms with Crippen LogP contribution < -0.4 is 5.32 Å². The van der Waals surface area contributed by atoms with E-state index in [1.165, 1.54) is 12.1 Å². The van der Waals surface area contributed by atoms with E-state index in [2.05, 4.69) is 5.32 Å². The minimum Gasteiger partial charge on any atom is -0.320 e. The van der Waals surface area contributed by atoms with E-state index in [9.17, 15) is 17.6 Å². The number of alkyl halides is 4. The smallest absolute Gasteiger partial charge is 0.320 e. The lowest BCUT2D eigenvalue weighted by molar-refractivity contribution is -0.223. The van der Waals surface area contributed by atoms with Crippen molar-refractivity contribution in [3.05, 3.63) is 70.8 Å². The number of rotatable bonds is 4. The number of benzene rings is 2. The number of nitrogens with one attached hydrogen (secondary N) is 1. The molecule has 0 saturated heterocycles. The van der Waals surface area contributed by atoms with Gasteiger partial charge in [0.05, 0.1) is 0 Å². The maximum absolute atomic E-state index is 14.7. The lowest BCUT2D eigenvalue weighted by Gasteiger charge is -2.26. The average molecular weight is 337 g/mol. The highest BCUT2D eigenvalue weighted by atomic mass is 19.3. The highest BCUT2D eigenvalue weighted by molar-refractivity contribution is 5.49. The van der Waals surface area contributed by atoms with Crippen LogP contribution in [-0.2, 0) is 11.8 Å². The van der Waals surface area contributed by atoms with E-state index in [0.29, 0.717) is 30.5 Å². The zero-order valence-corrected chi connectivity index (χ0v) is 13.3. The Morgan fingerprint density at radius 1 is 0.833 bits per heavy atom. The molecule has 24 heavy (non-hydrogen) atoms. The van der Waals surface area contributed by atoms with E-state index in [-0.39, 0.29) is 0 Å². The van der Waals surface area contributed by atoms with Gasteiger partial charge >= 0.3 is 11.8 Å². The summed E-state index contributed by atoms with van der Waals surface area (Å²) in [6, 6.07) is 11.4. The third-order valence-corrected chi connectivity index (χ3v) is 4.66. The summed E-state index contributed by atoms with van der Waals surface area (Å²) in [5.41, 5.74) is -0.548. The molecule has 0 fully saturated rings. The van der Waals surface area contributed by atoms with Gasteiger partial charge in [0.15, 0.2) is 0 Å². The molecule has 0 aromatic heterocycles. The van der Waals surface area contributed by atoms with Crippen molar-refractivity contribution in [3.63, 3.8) is 0 Å². The van der Waals surface area contributed by atoms with Crippen LogP contribution in [0.4, 0.5) is 17.6 Å². The minimum atomic E-state index is -4.24. The normalized spacial score (nSPS) is 18.5. The molecule has 0 unspecified atom stereocenters. The van der Waals surface area contributed by atoms with Gasteiger partial charge in [-0.15, -0.1) is 0 Å². The van der Waals surface area contributed by atoms with E-state index in [1.54, 1.807) is 31.3 Å². The molecule has 0 atom stereocenters. The summed E-state index contributed by atoms with van der Waals surface area (Å²) in [7, 11) is 1.80. The minimum absolute atomic E-state index is 0.295. The first-order valence-electron chi connectivity index (χ1n) is 8.00. The Balaban J connectivity index is 2.24. The Bertz CT molecular complexity index is 669. The van der Waals surface area contributed by atoms with Crippen molar-refractivity contribution in [3.8, 4) is 0 Å². The molecule has 0 bridgehead atoms. The molecule has 0 amide bonds. The lowest BCUT2D eigenvalue weighted by atomic mass is 9.84. The molecule has 1 N–H and O–H groups in total. The second-order valence-electron chi connectivity index (χ2n) is 6.12. The maximum atomic E-state index is 14.7. The summed E-state index contributed by atoms with van der Waals surface area (Å²) < 4.78 is 58.9. The standard InChI is InChI=1S/C19H19F4N/c1-24-12-6-9-13-14-7-2-4-10-16(14)18(20,21)19(22,23)17-11-5-3-8-15(13)17/h2-5,7-8,10-11,13,24H,6,9,12H2,1H3. The molecule has 2 aromatic rings. The SMILES string of the molecule is CNCCCC1c2ccccc2C(F)(F)C(F)(F)c2ccccc21. The fourth-order valence-electron chi connectivity index (χ4n) is 3.47. The van der Waals surface area contributed by atoms with Crippen molar-refractivity contribution in [2.24, 2.45) is 0 Å². The molecule has 2 aromatic carbocycles. The molecular weight excluding hydrogens is 318 g/mol. The molecule has 1 nitrogen and oxygen atoms in total. The zero-order chi connectivity index (χ0) is 17.4. The quantitative estimate of drug-likeness (QED) is 0.610. The Hall–Kier alpha value is -1.88. The Morgan fingerprint density at radius 2 is 1.29 bits per heavy atom. The number of hydrogen-bond acceptors (Lipinski definition) is 1. The van der Waals surface area contributed by atoms with E-state index < -0.39 is 28.9 Å². The molecule has 0 heterocycles. The summed E-state index contributed by atoms with van der Waals surface area (Å²) in [4.78, 5) is 0. The zero-order valence-electron chi connectivity index (χ0n) is 13.3. The predicted octanol–water partition coefficient (Wildman–Crippen LogP) is 5.02. The van der Waals surface area contributed by atoms with E-state index in [4.69, 9.17) is 0 Å². The number of fused-ring (bicyclic) bond motifs is 2. The first kappa shape index (κ1) is 17.0. The highest BCUT2D eigenvalue weighted by Crippen LogP contribution is 2.56. The van der Waals surface area contributed by atoms with Gasteiger partial charge in [-0.3, -0.25) is 0 Å². The van der Waals surface area contributed by atoms with E-state index >= 15 is 0 Å². The van der Waals surface area contributed by atoms with Gasteiger partial charge in [-0.2, -0.15) is 17.6 Å². The first-order valence-corrected chi connectivity index (χ1v) is 8.00. The largest absolute Gasteiger partial charge is 0.340 e. The second-order valence-corrected chi connectivity index (χ2v) is 6.12. The van der Waals surface area contributed by atoms with Crippen LogP contribution in [0.1, 0.15) is 41.0 Å². The Morgan fingerprint density at radius 3 is 1.75 bits per heavy atom. The molecular formula is C19H19F4N. The topological polar surface area (TPSA) is 12.0 Å². The fraction of sp³-hybridized carbons (Fsp3) is 0.368. The summed E-state index contributed by atoms with van der Waals surface area (Å²) in [5.74, 6) is -8.94. The summed E-state index contributed by atoms with van der Waals surface area (Å²) >= 11 is 0. The van der Waals surface area contributed by atoms with Gasteiger partial charge in [-0.25, -0.2) is 0 Å². The third kappa shape index (κ3) is 2.51. The molecule has 0 saturated carbocycles. The van der Waals surface area contributed by atoms with Gasteiger partial charge in [0.25, 0.3) is 0 Å². The molecule has 0 spiro atoms. The van der Waals surface area contributed by atoms with Crippen molar-refractivity contribution in [1.29, 1.82) is 0 Å². The van der Waals surface area contributed by atoms with Gasteiger partial charge in [0.2, 0.25) is 0 Å². The van der Waals surface area contributed by atoms with Gasteiger partial charge in [0, 0.05) is 17.0 Å². The van der Waals surface area contributed by atoms with Crippen LogP contribution >= 0.6 is 0 Å². The third-order valence-electron chi connectivity index (χ3n) is 4.66. The first-order chi connectivity index (χ1) is 11.4. The van der Waals surface area contributed by atoms with Crippen LogP contribution in [0.5, 0.6) is 0 Å². The fourth-order valence-corrected chi connectivity index (χ4v) is 3.47. The molecule has 128 valence electrons. The van der Waals surface area contributed by atoms with E-state index in [1.807, 2.05) is 0 Å². The van der Waals surface area contributed by atoms with Gasteiger partial charge in [-0.05, 0) is 37.6 Å². The van der Waals surface area contributed by atoms with Crippen LogP contribution in [-0.4, -0.2) is 13.6 Å². The molecule has 5 heteroatoms. The average Bonchev–Trinajstić information content (AvgIpc) is 2.63. The number of hydrogen-bond donors (Lipinski definition) is 1. The van der Waals surface area contributed by atoms with Crippen LogP contribution in [0.3, 0.4) is 0 Å². The second kappa shape index (κ2) is 6.20. The molecule has 0 aliphatic heterocycles. The maximum Gasteiger partial charge on any atom is 0.340 e. The van der Waals surface area contributed by atoms with Crippen LogP contribution in [0.15, 0.2) is 48.5 Å². The number of halogens is 4. The Kier molecular flexibility index (Phi) is 4.38. The van der Waals surface area contributed by atoms with Gasteiger partial charge in [0.1, 0.15) is 0 Å².